The molecule has 1 aromatic heterocycles. The molecular formula is C22H22FN5O. The van der Waals surface area contributed by atoms with E-state index >= 15 is 0 Å². The molecule has 2 aromatic carbocycles. The van der Waals surface area contributed by atoms with Crippen molar-refractivity contribution in [3.8, 4) is 0 Å². The first-order valence-electron chi connectivity index (χ1n) is 9.54. The number of benzene rings is 2. The number of piperazine rings is 1. The SMILES string of the molecule is CC(=O)c1cccc(Nc2cc(N3CCN(c4ccc(F)cc4)CC3)ncn2)c1. The first kappa shape index (κ1) is 18.9. The summed E-state index contributed by atoms with van der Waals surface area (Å²) in [5, 5.41) is 3.24. The average molecular weight is 391 g/mol. The molecule has 0 saturated carbocycles. The summed E-state index contributed by atoms with van der Waals surface area (Å²) in [6, 6.07) is 15.9. The molecule has 0 spiro atoms. The summed E-state index contributed by atoms with van der Waals surface area (Å²) < 4.78 is 13.1. The number of nitrogens with one attached hydrogen (secondary N) is 1. The monoisotopic (exact) mass is 391 g/mol. The number of rotatable bonds is 5. The van der Waals surface area contributed by atoms with Crippen LogP contribution in [0.1, 0.15) is 17.3 Å². The highest BCUT2D eigenvalue weighted by molar-refractivity contribution is 5.95. The largest absolute Gasteiger partial charge is 0.368 e. The van der Waals surface area contributed by atoms with Crippen molar-refractivity contribution in [2.75, 3.05) is 41.3 Å². The molecule has 148 valence electrons. The maximum absolute atomic E-state index is 13.1. The summed E-state index contributed by atoms with van der Waals surface area (Å²) in [7, 11) is 0. The number of carbonyl (C=O) groups is 1. The number of aromatic nitrogens is 2. The van der Waals surface area contributed by atoms with E-state index in [1.54, 1.807) is 19.3 Å². The molecule has 1 fully saturated rings. The molecule has 7 heteroatoms. The number of anilines is 4. The maximum atomic E-state index is 13.1. The van der Waals surface area contributed by atoms with Crippen molar-refractivity contribution in [1.82, 2.24) is 9.97 Å². The van der Waals surface area contributed by atoms with Gasteiger partial charge in [0.2, 0.25) is 0 Å². The van der Waals surface area contributed by atoms with Crippen molar-refractivity contribution < 1.29 is 9.18 Å². The fraction of sp³-hybridized carbons (Fsp3) is 0.227. The maximum Gasteiger partial charge on any atom is 0.159 e. The molecule has 2 heterocycles. The molecule has 1 saturated heterocycles. The summed E-state index contributed by atoms with van der Waals surface area (Å²) in [5.74, 6) is 1.33. The lowest BCUT2D eigenvalue weighted by Crippen LogP contribution is -2.46. The predicted octanol–water partition coefficient (Wildman–Crippen LogP) is 3.89. The lowest BCUT2D eigenvalue weighted by atomic mass is 10.1. The molecular weight excluding hydrogens is 369 g/mol. The van der Waals surface area contributed by atoms with Crippen LogP contribution >= 0.6 is 0 Å². The van der Waals surface area contributed by atoms with E-state index in [2.05, 4.69) is 25.1 Å². The van der Waals surface area contributed by atoms with Crippen LogP contribution in [0.2, 0.25) is 0 Å². The molecule has 0 bridgehead atoms. The van der Waals surface area contributed by atoms with Crippen LogP contribution in [0.4, 0.5) is 27.4 Å². The molecule has 6 nitrogen and oxygen atoms in total. The average Bonchev–Trinajstić information content (AvgIpc) is 2.75. The van der Waals surface area contributed by atoms with Gasteiger partial charge in [-0.1, -0.05) is 12.1 Å². The van der Waals surface area contributed by atoms with Crippen molar-refractivity contribution in [2.45, 2.75) is 6.92 Å². The number of hydrogen-bond donors (Lipinski definition) is 1. The normalized spacial score (nSPS) is 14.0. The fourth-order valence-electron chi connectivity index (χ4n) is 3.40. The minimum absolute atomic E-state index is 0.0241. The first-order chi connectivity index (χ1) is 14.1. The summed E-state index contributed by atoms with van der Waals surface area (Å²) in [6.45, 7) is 4.84. The van der Waals surface area contributed by atoms with E-state index in [1.807, 2.05) is 36.4 Å². The Labute approximate surface area is 169 Å². The van der Waals surface area contributed by atoms with Gasteiger partial charge < -0.3 is 15.1 Å². The Balaban J connectivity index is 1.42. The minimum atomic E-state index is -0.220. The third-order valence-electron chi connectivity index (χ3n) is 4.99. The number of hydrogen-bond acceptors (Lipinski definition) is 6. The van der Waals surface area contributed by atoms with Crippen molar-refractivity contribution in [2.24, 2.45) is 0 Å². The van der Waals surface area contributed by atoms with Crippen LogP contribution in [0.15, 0.2) is 60.9 Å². The molecule has 0 aliphatic carbocycles. The zero-order chi connectivity index (χ0) is 20.2. The summed E-state index contributed by atoms with van der Waals surface area (Å²) in [6.07, 6.45) is 1.54. The van der Waals surface area contributed by atoms with Gasteiger partial charge in [-0.05, 0) is 43.3 Å². The lowest BCUT2D eigenvalue weighted by Gasteiger charge is -2.36. The molecule has 0 unspecified atom stereocenters. The van der Waals surface area contributed by atoms with Crippen LogP contribution in [0.3, 0.4) is 0 Å². The zero-order valence-electron chi connectivity index (χ0n) is 16.2. The summed E-state index contributed by atoms with van der Waals surface area (Å²) in [4.78, 5) is 24.7. The second-order valence-corrected chi connectivity index (χ2v) is 6.97. The van der Waals surface area contributed by atoms with Gasteiger partial charge in [-0.3, -0.25) is 4.79 Å². The highest BCUT2D eigenvalue weighted by Crippen LogP contribution is 2.22. The van der Waals surface area contributed by atoms with E-state index < -0.39 is 0 Å². The third-order valence-corrected chi connectivity index (χ3v) is 4.99. The number of ketones is 1. The highest BCUT2D eigenvalue weighted by atomic mass is 19.1. The first-order valence-corrected chi connectivity index (χ1v) is 9.54. The zero-order valence-corrected chi connectivity index (χ0v) is 16.2. The molecule has 0 radical (unpaired) electrons. The van der Waals surface area contributed by atoms with Gasteiger partial charge in [0.15, 0.2) is 5.78 Å². The number of Topliss-reactive ketones (excluding diaryl/α,β-unsaturated/α-hetero) is 1. The molecule has 1 aliphatic rings. The predicted molar refractivity (Wildman–Crippen MR) is 113 cm³/mol. The molecule has 3 aromatic rings. The molecule has 29 heavy (non-hydrogen) atoms. The number of halogens is 1. The van der Waals surface area contributed by atoms with E-state index in [9.17, 15) is 9.18 Å². The lowest BCUT2D eigenvalue weighted by molar-refractivity contribution is 0.101. The summed E-state index contributed by atoms with van der Waals surface area (Å²) in [5.41, 5.74) is 2.49. The van der Waals surface area contributed by atoms with Crippen LogP contribution in [0.25, 0.3) is 0 Å². The Morgan fingerprint density at radius 1 is 0.966 bits per heavy atom. The second-order valence-electron chi connectivity index (χ2n) is 6.97. The Morgan fingerprint density at radius 3 is 2.41 bits per heavy atom. The molecule has 0 atom stereocenters. The van der Waals surface area contributed by atoms with Gasteiger partial charge in [-0.2, -0.15) is 0 Å². The van der Waals surface area contributed by atoms with Gasteiger partial charge in [-0.15, -0.1) is 0 Å². The smallest absolute Gasteiger partial charge is 0.159 e. The Bertz CT molecular complexity index is 1000. The third kappa shape index (κ3) is 4.51. The van der Waals surface area contributed by atoms with Gasteiger partial charge in [0, 0.05) is 49.2 Å². The van der Waals surface area contributed by atoms with Crippen molar-refractivity contribution in [3.05, 3.63) is 72.3 Å². The molecule has 4 rings (SSSR count). The minimum Gasteiger partial charge on any atom is -0.368 e. The molecule has 0 amide bonds. The van der Waals surface area contributed by atoms with Crippen molar-refractivity contribution in [3.63, 3.8) is 0 Å². The Hall–Kier alpha value is -3.48. The fourth-order valence-corrected chi connectivity index (χ4v) is 3.40. The number of nitrogens with zero attached hydrogens (tertiary/aromatic N) is 4. The van der Waals surface area contributed by atoms with Crippen molar-refractivity contribution in [1.29, 1.82) is 0 Å². The van der Waals surface area contributed by atoms with E-state index in [1.165, 1.54) is 12.1 Å². The van der Waals surface area contributed by atoms with Crippen molar-refractivity contribution >= 4 is 28.8 Å². The van der Waals surface area contributed by atoms with Crippen LogP contribution < -0.4 is 15.1 Å². The van der Waals surface area contributed by atoms with Gasteiger partial charge in [0.05, 0.1) is 0 Å². The van der Waals surface area contributed by atoms with Crippen LogP contribution in [0.5, 0.6) is 0 Å². The topological polar surface area (TPSA) is 61.4 Å². The second kappa shape index (κ2) is 8.26. The quantitative estimate of drug-likeness (QED) is 0.666. The van der Waals surface area contributed by atoms with Gasteiger partial charge in [0.25, 0.3) is 0 Å². The highest BCUT2D eigenvalue weighted by Gasteiger charge is 2.19. The van der Waals surface area contributed by atoms with Gasteiger partial charge in [0.1, 0.15) is 23.8 Å². The van der Waals surface area contributed by atoms with Gasteiger partial charge >= 0.3 is 0 Å². The van der Waals surface area contributed by atoms with E-state index in [-0.39, 0.29) is 11.6 Å². The van der Waals surface area contributed by atoms with Crippen LogP contribution in [-0.4, -0.2) is 41.9 Å². The van der Waals surface area contributed by atoms with E-state index in [4.69, 9.17) is 0 Å². The molecule has 1 N–H and O–H groups in total. The summed E-state index contributed by atoms with van der Waals surface area (Å²) >= 11 is 0. The number of carbonyl (C=O) groups excluding carboxylic acids is 1. The van der Waals surface area contributed by atoms with E-state index in [0.717, 1.165) is 43.4 Å². The standard InChI is InChI=1S/C22H22FN5O/c1-16(29)17-3-2-4-19(13-17)26-21-14-22(25-15-24-21)28-11-9-27(10-12-28)20-7-5-18(23)6-8-20/h2-8,13-15H,9-12H2,1H3,(H,24,25,26). The van der Waals surface area contributed by atoms with Crippen LogP contribution in [-0.2, 0) is 0 Å². The van der Waals surface area contributed by atoms with Crippen LogP contribution in [0, 0.1) is 5.82 Å². The Morgan fingerprint density at radius 2 is 1.69 bits per heavy atom. The van der Waals surface area contributed by atoms with Gasteiger partial charge in [-0.25, -0.2) is 14.4 Å². The molecule has 1 aliphatic heterocycles. The van der Waals surface area contributed by atoms with E-state index in [0.29, 0.717) is 11.4 Å². The Kier molecular flexibility index (Phi) is 5.37.